The van der Waals surface area contributed by atoms with Gasteiger partial charge in [-0.15, -0.1) is 0 Å². The molecule has 0 aromatic carbocycles. The van der Waals surface area contributed by atoms with Crippen LogP contribution in [0.4, 0.5) is 0 Å². The molecule has 0 atom stereocenters. The molecule has 0 spiro atoms. The van der Waals surface area contributed by atoms with Crippen molar-refractivity contribution < 1.29 is 14.6 Å². The molecule has 0 fully saturated rings. The van der Waals surface area contributed by atoms with E-state index in [0.29, 0.717) is 25.2 Å². The summed E-state index contributed by atoms with van der Waals surface area (Å²) in [6, 6.07) is 0. The second kappa shape index (κ2) is 6.61. The first-order valence-corrected chi connectivity index (χ1v) is 3.85. The first-order chi connectivity index (χ1) is 5.72. The molecule has 0 radical (unpaired) electrons. The van der Waals surface area contributed by atoms with E-state index < -0.39 is 5.97 Å². The first kappa shape index (κ1) is 10.9. The molecule has 3 nitrogen and oxygen atoms in total. The van der Waals surface area contributed by atoms with Gasteiger partial charge in [0.15, 0.2) is 0 Å². The molecule has 0 aromatic rings. The molecule has 0 bridgehead atoms. The highest BCUT2D eigenvalue weighted by molar-refractivity contribution is 5.86. The standard InChI is InChI=1S/C9H14O3/c1-3-5-8(9(10)11)6-7-12-4-2/h3,5H,1,4,6-7H2,2H3,(H,10,11). The minimum absolute atomic E-state index is 0.332. The Hall–Kier alpha value is -1.09. The maximum Gasteiger partial charge on any atom is 0.331 e. The van der Waals surface area contributed by atoms with E-state index >= 15 is 0 Å². The molecule has 0 aromatic heterocycles. The van der Waals surface area contributed by atoms with Crippen molar-refractivity contribution in [2.75, 3.05) is 13.2 Å². The molecule has 0 heterocycles. The summed E-state index contributed by atoms with van der Waals surface area (Å²) in [5, 5.41) is 8.63. The summed E-state index contributed by atoms with van der Waals surface area (Å²) in [6.07, 6.45) is 3.38. The molecular formula is C9H14O3. The average molecular weight is 170 g/mol. The molecule has 0 aliphatic rings. The fourth-order valence-electron chi connectivity index (χ4n) is 0.730. The zero-order valence-electron chi connectivity index (χ0n) is 7.25. The number of ether oxygens (including phenoxy) is 1. The average Bonchev–Trinajstić information content (AvgIpc) is 2.03. The van der Waals surface area contributed by atoms with E-state index in [1.165, 1.54) is 12.2 Å². The van der Waals surface area contributed by atoms with Crippen LogP contribution in [0.3, 0.4) is 0 Å². The Bertz CT molecular complexity index is 182. The molecule has 0 saturated heterocycles. The second-order valence-corrected chi connectivity index (χ2v) is 2.18. The molecule has 0 rings (SSSR count). The van der Waals surface area contributed by atoms with Crippen molar-refractivity contribution in [3.8, 4) is 0 Å². The van der Waals surface area contributed by atoms with Crippen LogP contribution in [0.1, 0.15) is 13.3 Å². The SMILES string of the molecule is C=CC=C(CCOCC)C(=O)O. The molecule has 3 heteroatoms. The van der Waals surface area contributed by atoms with Gasteiger partial charge in [-0.05, 0) is 6.92 Å². The second-order valence-electron chi connectivity index (χ2n) is 2.18. The van der Waals surface area contributed by atoms with Gasteiger partial charge in [-0.25, -0.2) is 4.79 Å². The van der Waals surface area contributed by atoms with E-state index in [4.69, 9.17) is 9.84 Å². The number of hydrogen-bond acceptors (Lipinski definition) is 2. The molecule has 0 aliphatic carbocycles. The normalized spacial score (nSPS) is 11.2. The fourth-order valence-corrected chi connectivity index (χ4v) is 0.730. The highest BCUT2D eigenvalue weighted by atomic mass is 16.5. The lowest BCUT2D eigenvalue weighted by atomic mass is 10.2. The van der Waals surface area contributed by atoms with Gasteiger partial charge in [0.1, 0.15) is 0 Å². The Morgan fingerprint density at radius 1 is 1.67 bits per heavy atom. The molecule has 0 unspecified atom stereocenters. The van der Waals surface area contributed by atoms with Crippen LogP contribution in [-0.4, -0.2) is 24.3 Å². The highest BCUT2D eigenvalue weighted by Gasteiger charge is 2.04. The summed E-state index contributed by atoms with van der Waals surface area (Å²) in [7, 11) is 0. The molecule has 0 aliphatic heterocycles. The van der Waals surface area contributed by atoms with Crippen LogP contribution in [0, 0.1) is 0 Å². The summed E-state index contributed by atoms with van der Waals surface area (Å²) >= 11 is 0. The summed E-state index contributed by atoms with van der Waals surface area (Å²) < 4.78 is 5.02. The summed E-state index contributed by atoms with van der Waals surface area (Å²) in [4.78, 5) is 10.5. The lowest BCUT2D eigenvalue weighted by Gasteiger charge is -2.00. The number of hydrogen-bond donors (Lipinski definition) is 1. The van der Waals surface area contributed by atoms with Gasteiger partial charge in [-0.3, -0.25) is 0 Å². The quantitative estimate of drug-likeness (QED) is 0.374. The largest absolute Gasteiger partial charge is 0.478 e. The van der Waals surface area contributed by atoms with E-state index in [1.807, 2.05) is 6.92 Å². The van der Waals surface area contributed by atoms with Gasteiger partial charge in [-0.1, -0.05) is 18.7 Å². The molecule has 0 amide bonds. The summed E-state index contributed by atoms with van der Waals surface area (Å²) in [5.74, 6) is -0.908. The number of carbonyl (C=O) groups is 1. The zero-order valence-corrected chi connectivity index (χ0v) is 7.25. The van der Waals surface area contributed by atoms with E-state index in [-0.39, 0.29) is 0 Å². The van der Waals surface area contributed by atoms with Gasteiger partial charge in [0.25, 0.3) is 0 Å². The van der Waals surface area contributed by atoms with Crippen molar-refractivity contribution >= 4 is 5.97 Å². The van der Waals surface area contributed by atoms with Crippen molar-refractivity contribution in [1.29, 1.82) is 0 Å². The van der Waals surface area contributed by atoms with Gasteiger partial charge in [0, 0.05) is 18.6 Å². The Kier molecular flexibility index (Phi) is 6.01. The van der Waals surface area contributed by atoms with Gasteiger partial charge in [-0.2, -0.15) is 0 Å². The third-order valence-electron chi connectivity index (χ3n) is 1.31. The van der Waals surface area contributed by atoms with Crippen molar-refractivity contribution in [2.45, 2.75) is 13.3 Å². The summed E-state index contributed by atoms with van der Waals surface area (Å²) in [6.45, 7) is 6.36. The van der Waals surface area contributed by atoms with Crippen LogP contribution in [0.15, 0.2) is 24.3 Å². The smallest absolute Gasteiger partial charge is 0.331 e. The van der Waals surface area contributed by atoms with Crippen LogP contribution in [0.2, 0.25) is 0 Å². The molecule has 1 N–H and O–H groups in total. The Labute approximate surface area is 72.3 Å². The van der Waals surface area contributed by atoms with Crippen LogP contribution in [0.5, 0.6) is 0 Å². The van der Waals surface area contributed by atoms with Crippen molar-refractivity contribution in [3.05, 3.63) is 24.3 Å². The van der Waals surface area contributed by atoms with Gasteiger partial charge >= 0.3 is 5.97 Å². The molecule has 0 saturated carbocycles. The predicted octanol–water partition coefficient (Wildman–Crippen LogP) is 1.61. The topological polar surface area (TPSA) is 46.5 Å². The number of aliphatic carboxylic acids is 1. The maximum atomic E-state index is 10.5. The number of carboxylic acids is 1. The van der Waals surface area contributed by atoms with Crippen LogP contribution < -0.4 is 0 Å². The molecule has 68 valence electrons. The highest BCUT2D eigenvalue weighted by Crippen LogP contribution is 2.01. The fraction of sp³-hybridized carbons (Fsp3) is 0.444. The minimum atomic E-state index is -0.908. The van der Waals surface area contributed by atoms with Crippen LogP contribution in [0.25, 0.3) is 0 Å². The third-order valence-corrected chi connectivity index (χ3v) is 1.31. The zero-order chi connectivity index (χ0) is 9.40. The van der Waals surface area contributed by atoms with E-state index in [0.717, 1.165) is 0 Å². The predicted molar refractivity (Wildman–Crippen MR) is 47.0 cm³/mol. The number of allylic oxidation sites excluding steroid dienone is 2. The lowest BCUT2D eigenvalue weighted by molar-refractivity contribution is -0.132. The maximum absolute atomic E-state index is 10.5. The Balaban J connectivity index is 3.89. The number of rotatable bonds is 6. The van der Waals surface area contributed by atoms with Gasteiger partial charge in [0.2, 0.25) is 0 Å². The number of carboxylic acid groups (broad SMARTS) is 1. The third kappa shape index (κ3) is 4.68. The van der Waals surface area contributed by atoms with E-state index in [1.54, 1.807) is 0 Å². The van der Waals surface area contributed by atoms with Gasteiger partial charge in [0.05, 0.1) is 6.61 Å². The monoisotopic (exact) mass is 170 g/mol. The van der Waals surface area contributed by atoms with Crippen molar-refractivity contribution in [2.24, 2.45) is 0 Å². The van der Waals surface area contributed by atoms with Crippen LogP contribution in [-0.2, 0) is 9.53 Å². The Morgan fingerprint density at radius 3 is 2.75 bits per heavy atom. The van der Waals surface area contributed by atoms with Crippen molar-refractivity contribution in [3.63, 3.8) is 0 Å². The first-order valence-electron chi connectivity index (χ1n) is 3.85. The van der Waals surface area contributed by atoms with E-state index in [9.17, 15) is 4.79 Å². The summed E-state index contributed by atoms with van der Waals surface area (Å²) in [5.41, 5.74) is 0.332. The molecule has 12 heavy (non-hydrogen) atoms. The lowest BCUT2D eigenvalue weighted by Crippen LogP contribution is -2.04. The minimum Gasteiger partial charge on any atom is -0.478 e. The van der Waals surface area contributed by atoms with E-state index in [2.05, 4.69) is 6.58 Å². The van der Waals surface area contributed by atoms with Crippen LogP contribution >= 0.6 is 0 Å². The van der Waals surface area contributed by atoms with Crippen molar-refractivity contribution in [1.82, 2.24) is 0 Å². The van der Waals surface area contributed by atoms with Gasteiger partial charge < -0.3 is 9.84 Å². The molecular weight excluding hydrogens is 156 g/mol. The Morgan fingerprint density at radius 2 is 2.33 bits per heavy atom.